The Hall–Kier alpha value is -1.10. The fourth-order valence-corrected chi connectivity index (χ4v) is 4.18. The molecule has 0 aromatic heterocycles. The second-order valence-electron chi connectivity index (χ2n) is 7.25. The predicted molar refractivity (Wildman–Crippen MR) is 95.6 cm³/mol. The van der Waals surface area contributed by atoms with E-state index in [4.69, 9.17) is 9.47 Å². The molecule has 1 aromatic carbocycles. The zero-order valence-corrected chi connectivity index (χ0v) is 15.0. The SMILES string of the molecule is COc1ccc(CCO[C@H]2CCCCC2N2CCC(O)C2)cc1C. The van der Waals surface area contributed by atoms with Gasteiger partial charge < -0.3 is 14.6 Å². The number of hydrogen-bond acceptors (Lipinski definition) is 4. The molecule has 2 aliphatic rings. The van der Waals surface area contributed by atoms with Crippen LogP contribution in [0.25, 0.3) is 0 Å². The van der Waals surface area contributed by atoms with Crippen molar-refractivity contribution < 1.29 is 14.6 Å². The Morgan fingerprint density at radius 2 is 2.04 bits per heavy atom. The van der Waals surface area contributed by atoms with Crippen LogP contribution in [0.3, 0.4) is 0 Å². The van der Waals surface area contributed by atoms with Gasteiger partial charge in [-0.3, -0.25) is 4.90 Å². The predicted octanol–water partition coefficient (Wildman–Crippen LogP) is 2.94. The van der Waals surface area contributed by atoms with Gasteiger partial charge in [0.05, 0.1) is 25.9 Å². The van der Waals surface area contributed by atoms with Crippen LogP contribution in [0, 0.1) is 6.92 Å². The van der Waals surface area contributed by atoms with Crippen molar-refractivity contribution in [2.24, 2.45) is 0 Å². The van der Waals surface area contributed by atoms with Gasteiger partial charge in [0.15, 0.2) is 0 Å². The second-order valence-corrected chi connectivity index (χ2v) is 7.25. The van der Waals surface area contributed by atoms with Gasteiger partial charge in [-0.2, -0.15) is 0 Å². The van der Waals surface area contributed by atoms with E-state index in [1.54, 1.807) is 7.11 Å². The number of rotatable bonds is 6. The summed E-state index contributed by atoms with van der Waals surface area (Å²) in [4.78, 5) is 2.45. The first kappa shape index (κ1) is 17.7. The molecule has 24 heavy (non-hydrogen) atoms. The van der Waals surface area contributed by atoms with E-state index in [-0.39, 0.29) is 6.10 Å². The highest BCUT2D eigenvalue weighted by Gasteiger charge is 2.34. The Labute approximate surface area is 145 Å². The van der Waals surface area contributed by atoms with Crippen LogP contribution in [0.2, 0.25) is 0 Å². The van der Waals surface area contributed by atoms with Crippen LogP contribution in [0.5, 0.6) is 5.75 Å². The number of nitrogens with zero attached hydrogens (tertiary/aromatic N) is 1. The average Bonchev–Trinajstić information content (AvgIpc) is 3.02. The van der Waals surface area contributed by atoms with Crippen molar-refractivity contribution in [1.29, 1.82) is 0 Å². The number of benzene rings is 1. The molecule has 1 N–H and O–H groups in total. The van der Waals surface area contributed by atoms with Crippen molar-refractivity contribution in [3.63, 3.8) is 0 Å². The largest absolute Gasteiger partial charge is 0.496 e. The third kappa shape index (κ3) is 4.29. The first-order valence-corrected chi connectivity index (χ1v) is 9.34. The van der Waals surface area contributed by atoms with Gasteiger partial charge in [-0.15, -0.1) is 0 Å². The van der Waals surface area contributed by atoms with Crippen LogP contribution in [-0.2, 0) is 11.2 Å². The summed E-state index contributed by atoms with van der Waals surface area (Å²) in [5.41, 5.74) is 2.48. The van der Waals surface area contributed by atoms with Gasteiger partial charge in [-0.05, 0) is 49.8 Å². The van der Waals surface area contributed by atoms with Gasteiger partial charge in [0.2, 0.25) is 0 Å². The first-order chi connectivity index (χ1) is 11.7. The van der Waals surface area contributed by atoms with Crippen LogP contribution in [0.15, 0.2) is 18.2 Å². The fourth-order valence-electron chi connectivity index (χ4n) is 4.18. The fraction of sp³-hybridized carbons (Fsp3) is 0.700. The lowest BCUT2D eigenvalue weighted by Crippen LogP contribution is -2.46. The quantitative estimate of drug-likeness (QED) is 0.869. The van der Waals surface area contributed by atoms with E-state index in [1.807, 2.05) is 6.07 Å². The van der Waals surface area contributed by atoms with Crippen molar-refractivity contribution in [1.82, 2.24) is 4.90 Å². The van der Waals surface area contributed by atoms with Crippen molar-refractivity contribution in [3.8, 4) is 5.75 Å². The van der Waals surface area contributed by atoms with Crippen LogP contribution >= 0.6 is 0 Å². The van der Waals surface area contributed by atoms with E-state index in [2.05, 4.69) is 24.0 Å². The third-order valence-electron chi connectivity index (χ3n) is 5.51. The van der Waals surface area contributed by atoms with E-state index in [0.717, 1.165) is 44.7 Å². The van der Waals surface area contributed by atoms with Gasteiger partial charge >= 0.3 is 0 Å². The van der Waals surface area contributed by atoms with E-state index >= 15 is 0 Å². The van der Waals surface area contributed by atoms with Gasteiger partial charge in [0.1, 0.15) is 5.75 Å². The van der Waals surface area contributed by atoms with Crippen molar-refractivity contribution in [2.75, 3.05) is 26.8 Å². The highest BCUT2D eigenvalue weighted by molar-refractivity contribution is 5.36. The molecule has 1 aliphatic carbocycles. The normalized spacial score (nSPS) is 28.2. The molecule has 2 unspecified atom stereocenters. The lowest BCUT2D eigenvalue weighted by atomic mass is 9.91. The molecule has 134 valence electrons. The summed E-state index contributed by atoms with van der Waals surface area (Å²) in [5, 5.41) is 9.82. The summed E-state index contributed by atoms with van der Waals surface area (Å²) in [5.74, 6) is 0.944. The Balaban J connectivity index is 1.51. The van der Waals surface area contributed by atoms with Crippen LogP contribution in [-0.4, -0.2) is 55.1 Å². The molecule has 0 radical (unpaired) electrons. The van der Waals surface area contributed by atoms with Crippen molar-refractivity contribution in [3.05, 3.63) is 29.3 Å². The summed E-state index contributed by atoms with van der Waals surface area (Å²) in [6, 6.07) is 6.86. The summed E-state index contributed by atoms with van der Waals surface area (Å²) in [6.45, 7) is 4.69. The van der Waals surface area contributed by atoms with E-state index in [1.165, 1.54) is 30.4 Å². The number of methoxy groups -OCH3 is 1. The van der Waals surface area contributed by atoms with Crippen LogP contribution in [0.1, 0.15) is 43.2 Å². The maximum atomic E-state index is 9.82. The molecule has 2 fully saturated rings. The summed E-state index contributed by atoms with van der Waals surface area (Å²) in [6.07, 6.45) is 6.94. The van der Waals surface area contributed by atoms with Crippen LogP contribution in [0.4, 0.5) is 0 Å². The molecule has 4 nitrogen and oxygen atoms in total. The molecule has 1 saturated heterocycles. The third-order valence-corrected chi connectivity index (χ3v) is 5.51. The lowest BCUT2D eigenvalue weighted by Gasteiger charge is -2.37. The Kier molecular flexibility index (Phi) is 6.14. The molecule has 1 saturated carbocycles. The standard InChI is InChI=1S/C20H31NO3/c1-15-13-16(7-8-19(15)23-2)10-12-24-20-6-4-3-5-18(20)21-11-9-17(22)14-21/h7-8,13,17-18,20,22H,3-6,9-12,14H2,1-2H3/t17?,18?,20-/m0/s1. The minimum atomic E-state index is -0.144. The first-order valence-electron chi connectivity index (χ1n) is 9.34. The number of hydrogen-bond donors (Lipinski definition) is 1. The number of likely N-dealkylation sites (tertiary alicyclic amines) is 1. The van der Waals surface area contributed by atoms with E-state index < -0.39 is 0 Å². The van der Waals surface area contributed by atoms with Gasteiger partial charge in [0.25, 0.3) is 0 Å². The van der Waals surface area contributed by atoms with Crippen molar-refractivity contribution in [2.45, 2.75) is 63.7 Å². The molecule has 0 bridgehead atoms. The molecule has 1 aromatic rings. The molecular formula is C20H31NO3. The van der Waals surface area contributed by atoms with Crippen molar-refractivity contribution >= 4 is 0 Å². The average molecular weight is 333 g/mol. The number of aryl methyl sites for hydroxylation is 1. The molecule has 4 heteroatoms. The monoisotopic (exact) mass is 333 g/mol. The maximum Gasteiger partial charge on any atom is 0.121 e. The van der Waals surface area contributed by atoms with Gasteiger partial charge in [-0.1, -0.05) is 25.0 Å². The molecule has 0 spiro atoms. The molecular weight excluding hydrogens is 302 g/mol. The molecule has 1 aliphatic heterocycles. The van der Waals surface area contributed by atoms with Gasteiger partial charge in [-0.25, -0.2) is 0 Å². The second kappa shape index (κ2) is 8.32. The van der Waals surface area contributed by atoms with E-state index in [9.17, 15) is 5.11 Å². The molecule has 3 rings (SSSR count). The van der Waals surface area contributed by atoms with Crippen LogP contribution < -0.4 is 4.74 Å². The van der Waals surface area contributed by atoms with E-state index in [0.29, 0.717) is 12.1 Å². The molecule has 3 atom stereocenters. The van der Waals surface area contributed by atoms with Gasteiger partial charge in [0, 0.05) is 19.1 Å². The Bertz CT molecular complexity index is 534. The summed E-state index contributed by atoms with van der Waals surface area (Å²) in [7, 11) is 1.71. The Morgan fingerprint density at radius 3 is 2.75 bits per heavy atom. The highest BCUT2D eigenvalue weighted by Crippen LogP contribution is 2.28. The minimum Gasteiger partial charge on any atom is -0.496 e. The zero-order chi connectivity index (χ0) is 16.9. The topological polar surface area (TPSA) is 41.9 Å². The summed E-state index contributed by atoms with van der Waals surface area (Å²) >= 11 is 0. The number of ether oxygens (including phenoxy) is 2. The number of β-amino-alcohol motifs (C(OH)–C–C–N with tert-alkyl or cyclic N) is 1. The summed E-state index contributed by atoms with van der Waals surface area (Å²) < 4.78 is 11.6. The smallest absolute Gasteiger partial charge is 0.121 e. The lowest BCUT2D eigenvalue weighted by molar-refractivity contribution is -0.0316. The molecule has 1 heterocycles. The molecule has 0 amide bonds. The Morgan fingerprint density at radius 1 is 1.21 bits per heavy atom. The minimum absolute atomic E-state index is 0.144. The number of aliphatic hydroxyl groups is 1. The highest BCUT2D eigenvalue weighted by atomic mass is 16.5. The number of aliphatic hydroxyl groups excluding tert-OH is 1. The maximum absolute atomic E-state index is 9.82. The zero-order valence-electron chi connectivity index (χ0n) is 15.0.